The van der Waals surface area contributed by atoms with Gasteiger partial charge in [0.05, 0.1) is 46.8 Å². The van der Waals surface area contributed by atoms with Crippen molar-refractivity contribution in [1.82, 2.24) is 9.97 Å². The van der Waals surface area contributed by atoms with Crippen LogP contribution in [-0.4, -0.2) is 51.4 Å². The van der Waals surface area contributed by atoms with Gasteiger partial charge in [0.15, 0.2) is 0 Å². The number of methoxy groups -OCH3 is 2. The summed E-state index contributed by atoms with van der Waals surface area (Å²) < 4.78 is 16.9. The lowest BCUT2D eigenvalue weighted by molar-refractivity contribution is -0.856. The van der Waals surface area contributed by atoms with E-state index >= 15 is 0 Å². The van der Waals surface area contributed by atoms with Crippen LogP contribution < -0.4 is 19.7 Å². The number of nitrogens with one attached hydrogen (secondary N) is 2. The minimum Gasteiger partial charge on any atom is -0.497 e. The summed E-state index contributed by atoms with van der Waals surface area (Å²) in [5.74, 6) is 3.09. The van der Waals surface area contributed by atoms with Crippen LogP contribution in [0.5, 0.6) is 11.5 Å². The van der Waals surface area contributed by atoms with Crippen molar-refractivity contribution < 1.29 is 18.8 Å². The minimum absolute atomic E-state index is 0.548. The number of rotatable bonds is 8. The van der Waals surface area contributed by atoms with Gasteiger partial charge in [-0.25, -0.2) is 9.97 Å². The summed E-state index contributed by atoms with van der Waals surface area (Å²) in [5.41, 5.74) is 3.43. The molecule has 0 radical (unpaired) electrons. The number of nitrogens with zero attached hydrogens (tertiary/aromatic N) is 2. The van der Waals surface area contributed by atoms with Crippen molar-refractivity contribution >= 4 is 16.9 Å². The van der Waals surface area contributed by atoms with Crippen LogP contribution in [0.2, 0.25) is 0 Å². The SMILES string of the molecule is COc1ccc(-c2oc3ncnc(NCC[NH+](C)C)c3c2-c2ccc(OC)cc2)cc1. The number of furan rings is 1. The maximum Gasteiger partial charge on any atom is 0.232 e. The first-order chi connectivity index (χ1) is 15.1. The van der Waals surface area contributed by atoms with Crippen LogP contribution in [0.1, 0.15) is 0 Å². The predicted octanol–water partition coefficient (Wildman–Crippen LogP) is 3.13. The third-order valence-corrected chi connectivity index (χ3v) is 5.14. The lowest BCUT2D eigenvalue weighted by Gasteiger charge is -2.10. The second kappa shape index (κ2) is 9.06. The molecule has 2 heterocycles. The van der Waals surface area contributed by atoms with Crippen molar-refractivity contribution in [3.05, 3.63) is 54.9 Å². The number of benzene rings is 2. The summed E-state index contributed by atoms with van der Waals surface area (Å²) >= 11 is 0. The zero-order chi connectivity index (χ0) is 21.8. The minimum atomic E-state index is 0.548. The molecule has 31 heavy (non-hydrogen) atoms. The van der Waals surface area contributed by atoms with E-state index in [4.69, 9.17) is 13.9 Å². The second-order valence-electron chi connectivity index (χ2n) is 7.55. The molecule has 4 aromatic rings. The largest absolute Gasteiger partial charge is 0.497 e. The topological polar surface area (TPSA) is 73.9 Å². The molecule has 0 unspecified atom stereocenters. The number of hydrogen-bond donors (Lipinski definition) is 2. The highest BCUT2D eigenvalue weighted by molar-refractivity contribution is 6.05. The van der Waals surface area contributed by atoms with E-state index in [2.05, 4.69) is 29.4 Å². The van der Waals surface area contributed by atoms with Crippen LogP contribution in [0.15, 0.2) is 59.3 Å². The average molecular weight is 420 g/mol. The molecule has 0 atom stereocenters. The molecule has 0 aliphatic carbocycles. The van der Waals surface area contributed by atoms with Crippen LogP contribution >= 0.6 is 0 Å². The summed E-state index contributed by atoms with van der Waals surface area (Å²) in [5, 5.41) is 4.33. The van der Waals surface area contributed by atoms with E-state index < -0.39 is 0 Å². The second-order valence-corrected chi connectivity index (χ2v) is 7.55. The van der Waals surface area contributed by atoms with Crippen molar-refractivity contribution in [2.24, 2.45) is 0 Å². The van der Waals surface area contributed by atoms with Crippen molar-refractivity contribution in [3.8, 4) is 33.9 Å². The fourth-order valence-electron chi connectivity index (χ4n) is 3.48. The Labute approximate surface area is 181 Å². The highest BCUT2D eigenvalue weighted by atomic mass is 16.5. The number of aromatic nitrogens is 2. The van der Waals surface area contributed by atoms with E-state index in [1.807, 2.05) is 48.5 Å². The van der Waals surface area contributed by atoms with Gasteiger partial charge in [-0.05, 0) is 42.0 Å². The lowest BCUT2D eigenvalue weighted by Crippen LogP contribution is -3.06. The van der Waals surface area contributed by atoms with E-state index in [1.54, 1.807) is 14.2 Å². The Morgan fingerprint density at radius 2 is 1.48 bits per heavy atom. The number of fused-ring (bicyclic) bond motifs is 1. The number of hydrogen-bond acceptors (Lipinski definition) is 6. The van der Waals surface area contributed by atoms with Gasteiger partial charge in [-0.15, -0.1) is 0 Å². The summed E-state index contributed by atoms with van der Waals surface area (Å²) in [6.07, 6.45) is 1.53. The fraction of sp³-hybridized carbons (Fsp3) is 0.250. The number of likely N-dealkylation sites (N-methyl/N-ethyl adjacent to an activating group) is 1. The van der Waals surface area contributed by atoms with Crippen molar-refractivity contribution in [3.63, 3.8) is 0 Å². The molecule has 4 rings (SSSR count). The molecule has 0 aliphatic rings. The zero-order valence-corrected chi connectivity index (χ0v) is 18.2. The first-order valence-corrected chi connectivity index (χ1v) is 10.2. The normalized spacial score (nSPS) is 11.1. The molecule has 2 aromatic heterocycles. The molecule has 2 aromatic carbocycles. The molecule has 0 fully saturated rings. The van der Waals surface area contributed by atoms with Crippen LogP contribution in [0.25, 0.3) is 33.6 Å². The molecule has 0 bridgehead atoms. The fourth-order valence-corrected chi connectivity index (χ4v) is 3.48. The van der Waals surface area contributed by atoms with E-state index in [9.17, 15) is 0 Å². The first kappa shape index (κ1) is 20.7. The Balaban J connectivity index is 1.89. The molecule has 0 aliphatic heterocycles. The Kier molecular flexibility index (Phi) is 6.04. The molecule has 0 amide bonds. The molecule has 7 heteroatoms. The zero-order valence-electron chi connectivity index (χ0n) is 18.2. The van der Waals surface area contributed by atoms with Crippen molar-refractivity contribution in [2.75, 3.05) is 46.7 Å². The molecule has 160 valence electrons. The predicted molar refractivity (Wildman–Crippen MR) is 122 cm³/mol. The van der Waals surface area contributed by atoms with E-state index in [0.29, 0.717) is 5.71 Å². The van der Waals surface area contributed by atoms with Gasteiger partial charge in [0, 0.05) is 11.1 Å². The van der Waals surface area contributed by atoms with E-state index in [1.165, 1.54) is 11.2 Å². The lowest BCUT2D eigenvalue weighted by atomic mass is 9.99. The number of anilines is 1. The standard InChI is InChI=1S/C24H26N4O3/c1-28(2)14-13-25-23-21-20(16-5-9-18(29-3)10-6-16)22(31-24(21)27-15-26-23)17-7-11-19(30-4)12-8-17/h5-12,15H,13-14H2,1-4H3,(H,25,26,27)/p+1. The Morgan fingerprint density at radius 1 is 0.871 bits per heavy atom. The van der Waals surface area contributed by atoms with Gasteiger partial charge in [-0.2, -0.15) is 0 Å². The number of ether oxygens (including phenoxy) is 2. The maximum absolute atomic E-state index is 6.27. The van der Waals surface area contributed by atoms with Gasteiger partial charge >= 0.3 is 0 Å². The van der Waals surface area contributed by atoms with Gasteiger partial charge < -0.3 is 24.1 Å². The van der Waals surface area contributed by atoms with Gasteiger partial charge in [0.2, 0.25) is 5.71 Å². The van der Waals surface area contributed by atoms with Crippen LogP contribution in [0.4, 0.5) is 5.82 Å². The third kappa shape index (κ3) is 4.32. The van der Waals surface area contributed by atoms with Gasteiger partial charge in [-0.1, -0.05) is 12.1 Å². The summed E-state index contributed by atoms with van der Waals surface area (Å²) in [7, 11) is 7.56. The molecule has 2 N–H and O–H groups in total. The molecular formula is C24H27N4O3+. The van der Waals surface area contributed by atoms with Gasteiger partial charge in [0.25, 0.3) is 0 Å². The Hall–Kier alpha value is -3.58. The smallest absolute Gasteiger partial charge is 0.232 e. The number of quaternary nitrogens is 1. The molecule has 0 saturated heterocycles. The van der Waals surface area contributed by atoms with Crippen LogP contribution in [0.3, 0.4) is 0 Å². The Bertz CT molecular complexity index is 1150. The summed E-state index contributed by atoms with van der Waals surface area (Å²) in [6, 6.07) is 15.7. The quantitative estimate of drug-likeness (QED) is 0.457. The van der Waals surface area contributed by atoms with E-state index in [-0.39, 0.29) is 0 Å². The average Bonchev–Trinajstić information content (AvgIpc) is 3.19. The van der Waals surface area contributed by atoms with Crippen LogP contribution in [-0.2, 0) is 0 Å². The monoisotopic (exact) mass is 419 g/mol. The van der Waals surface area contributed by atoms with E-state index in [0.717, 1.165) is 58.2 Å². The van der Waals surface area contributed by atoms with Gasteiger partial charge in [0.1, 0.15) is 29.4 Å². The molecule has 0 saturated carbocycles. The van der Waals surface area contributed by atoms with Crippen molar-refractivity contribution in [1.29, 1.82) is 0 Å². The molecule has 7 nitrogen and oxygen atoms in total. The summed E-state index contributed by atoms with van der Waals surface area (Å²) in [6.45, 7) is 1.76. The van der Waals surface area contributed by atoms with Crippen molar-refractivity contribution in [2.45, 2.75) is 0 Å². The summed E-state index contributed by atoms with van der Waals surface area (Å²) in [4.78, 5) is 10.3. The maximum atomic E-state index is 6.27. The molecule has 0 spiro atoms. The highest BCUT2D eigenvalue weighted by Crippen LogP contribution is 2.43. The van der Waals surface area contributed by atoms with Crippen LogP contribution in [0, 0.1) is 0 Å². The highest BCUT2D eigenvalue weighted by Gasteiger charge is 2.22. The first-order valence-electron chi connectivity index (χ1n) is 10.2. The molecular weight excluding hydrogens is 392 g/mol. The third-order valence-electron chi connectivity index (χ3n) is 5.14. The van der Waals surface area contributed by atoms with Gasteiger partial charge in [-0.3, -0.25) is 0 Å². The Morgan fingerprint density at radius 3 is 2.06 bits per heavy atom.